The summed E-state index contributed by atoms with van der Waals surface area (Å²) in [6.07, 6.45) is -1.02. The Morgan fingerprint density at radius 1 is 1.15 bits per heavy atom. The zero-order valence-electron chi connectivity index (χ0n) is 14.2. The molecule has 2 aromatic carbocycles. The van der Waals surface area contributed by atoms with E-state index in [0.717, 1.165) is 0 Å². The highest BCUT2D eigenvalue weighted by atomic mass is 19.1. The predicted octanol–water partition coefficient (Wildman–Crippen LogP) is 2.71. The third-order valence-corrected chi connectivity index (χ3v) is 3.72. The van der Waals surface area contributed by atoms with Crippen LogP contribution in [0.25, 0.3) is 0 Å². The third-order valence-electron chi connectivity index (χ3n) is 3.72. The highest BCUT2D eigenvalue weighted by Crippen LogP contribution is 2.30. The number of hydrogen-bond donors (Lipinski definition) is 1. The number of esters is 1. The monoisotopic (exact) mass is 359 g/mol. The fraction of sp³-hybridized carbons (Fsp3) is 0.263. The minimum atomic E-state index is -1.01. The van der Waals surface area contributed by atoms with Gasteiger partial charge in [-0.05, 0) is 42.8 Å². The predicted molar refractivity (Wildman–Crippen MR) is 91.7 cm³/mol. The number of halogens is 1. The van der Waals surface area contributed by atoms with E-state index in [9.17, 15) is 14.0 Å². The summed E-state index contributed by atoms with van der Waals surface area (Å²) in [6.45, 7) is 2.40. The summed E-state index contributed by atoms with van der Waals surface area (Å²) in [5.74, 6) is -0.338. The van der Waals surface area contributed by atoms with Gasteiger partial charge in [0.05, 0.1) is 6.42 Å². The number of rotatable bonds is 5. The molecule has 0 unspecified atom stereocenters. The molecule has 0 spiro atoms. The van der Waals surface area contributed by atoms with Gasteiger partial charge in [-0.1, -0.05) is 12.1 Å². The highest BCUT2D eigenvalue weighted by Gasteiger charge is 2.19. The molecule has 1 aliphatic heterocycles. The molecule has 0 aliphatic carbocycles. The first-order valence-corrected chi connectivity index (χ1v) is 8.16. The molecule has 1 N–H and O–H groups in total. The van der Waals surface area contributed by atoms with Gasteiger partial charge in [-0.25, -0.2) is 4.39 Å². The molecule has 6 nitrogen and oxygen atoms in total. The van der Waals surface area contributed by atoms with Crippen molar-refractivity contribution >= 4 is 17.6 Å². The van der Waals surface area contributed by atoms with Crippen LogP contribution in [0.15, 0.2) is 42.5 Å². The lowest BCUT2D eigenvalue weighted by atomic mass is 10.1. The Hall–Kier alpha value is -3.09. The topological polar surface area (TPSA) is 73.9 Å². The summed E-state index contributed by atoms with van der Waals surface area (Å²) in [5, 5.41) is 2.50. The molecule has 1 aliphatic rings. The van der Waals surface area contributed by atoms with Gasteiger partial charge in [0.1, 0.15) is 19.0 Å². The van der Waals surface area contributed by atoms with Crippen molar-refractivity contribution in [3.63, 3.8) is 0 Å². The summed E-state index contributed by atoms with van der Waals surface area (Å²) >= 11 is 0. The van der Waals surface area contributed by atoms with Gasteiger partial charge in [0.25, 0.3) is 5.91 Å². The summed E-state index contributed by atoms with van der Waals surface area (Å²) in [6, 6.07) is 10.7. The number of carbonyl (C=O) groups excluding carboxylic acids is 2. The van der Waals surface area contributed by atoms with Gasteiger partial charge in [0, 0.05) is 5.69 Å². The van der Waals surface area contributed by atoms with Crippen LogP contribution in [0.2, 0.25) is 0 Å². The summed E-state index contributed by atoms with van der Waals surface area (Å²) in [5.41, 5.74) is 0.988. The van der Waals surface area contributed by atoms with Gasteiger partial charge in [-0.2, -0.15) is 0 Å². The molecule has 26 heavy (non-hydrogen) atoms. The SMILES string of the molecule is C[C@@H](OC(=O)Cc1ccc2c(c1)OCCO2)C(=O)Nc1cccc(F)c1. The standard InChI is InChI=1S/C19H18FNO5/c1-12(19(23)21-15-4-2-3-14(20)11-15)26-18(22)10-13-5-6-16-17(9-13)25-8-7-24-16/h2-6,9,11-12H,7-8,10H2,1H3,(H,21,23)/t12-/m1/s1. The first-order chi connectivity index (χ1) is 12.5. The molecule has 0 aromatic heterocycles. The van der Waals surface area contributed by atoms with Crippen LogP contribution in [0.4, 0.5) is 10.1 Å². The second-order valence-electron chi connectivity index (χ2n) is 5.79. The molecule has 0 saturated carbocycles. The van der Waals surface area contributed by atoms with E-state index in [1.54, 1.807) is 24.3 Å². The van der Waals surface area contributed by atoms with Crippen molar-refractivity contribution in [2.24, 2.45) is 0 Å². The van der Waals surface area contributed by atoms with Crippen LogP contribution in [0.1, 0.15) is 12.5 Å². The van der Waals surface area contributed by atoms with E-state index in [4.69, 9.17) is 14.2 Å². The quantitative estimate of drug-likeness (QED) is 0.831. The fourth-order valence-electron chi connectivity index (χ4n) is 2.47. The van der Waals surface area contributed by atoms with Crippen LogP contribution in [-0.4, -0.2) is 31.2 Å². The highest BCUT2D eigenvalue weighted by molar-refractivity contribution is 5.95. The normalized spacial score (nSPS) is 13.6. The molecule has 3 rings (SSSR count). The molecular weight excluding hydrogens is 341 g/mol. The van der Waals surface area contributed by atoms with Crippen molar-refractivity contribution in [2.45, 2.75) is 19.4 Å². The number of anilines is 1. The van der Waals surface area contributed by atoms with Gasteiger partial charge in [-0.3, -0.25) is 9.59 Å². The van der Waals surface area contributed by atoms with E-state index in [2.05, 4.69) is 5.32 Å². The molecule has 2 aromatic rings. The van der Waals surface area contributed by atoms with Crippen molar-refractivity contribution in [2.75, 3.05) is 18.5 Å². The Bertz CT molecular complexity index is 823. The molecule has 0 radical (unpaired) electrons. The second-order valence-corrected chi connectivity index (χ2v) is 5.79. The smallest absolute Gasteiger partial charge is 0.311 e. The molecule has 7 heteroatoms. The largest absolute Gasteiger partial charge is 0.486 e. The number of amides is 1. The van der Waals surface area contributed by atoms with Crippen LogP contribution >= 0.6 is 0 Å². The number of fused-ring (bicyclic) bond motifs is 1. The maximum absolute atomic E-state index is 13.1. The maximum atomic E-state index is 13.1. The zero-order valence-corrected chi connectivity index (χ0v) is 14.2. The average molecular weight is 359 g/mol. The van der Waals surface area contributed by atoms with E-state index in [1.807, 2.05) is 0 Å². The van der Waals surface area contributed by atoms with Crippen molar-refractivity contribution in [3.05, 3.63) is 53.8 Å². The van der Waals surface area contributed by atoms with Crippen molar-refractivity contribution < 1.29 is 28.2 Å². The number of carbonyl (C=O) groups is 2. The van der Waals surface area contributed by atoms with Gasteiger partial charge in [0.2, 0.25) is 0 Å². The third kappa shape index (κ3) is 4.50. The molecule has 1 heterocycles. The van der Waals surface area contributed by atoms with E-state index >= 15 is 0 Å². The van der Waals surface area contributed by atoms with E-state index in [0.29, 0.717) is 36.0 Å². The first kappa shape index (κ1) is 17.7. The average Bonchev–Trinajstić information content (AvgIpc) is 2.61. The van der Waals surface area contributed by atoms with Crippen LogP contribution in [0.3, 0.4) is 0 Å². The van der Waals surface area contributed by atoms with Gasteiger partial charge in [-0.15, -0.1) is 0 Å². The second kappa shape index (κ2) is 7.86. The lowest BCUT2D eigenvalue weighted by Gasteiger charge is -2.19. The lowest BCUT2D eigenvalue weighted by Crippen LogP contribution is -2.30. The maximum Gasteiger partial charge on any atom is 0.311 e. The van der Waals surface area contributed by atoms with Crippen LogP contribution < -0.4 is 14.8 Å². The minimum Gasteiger partial charge on any atom is -0.486 e. The minimum absolute atomic E-state index is 0.00573. The number of hydrogen-bond acceptors (Lipinski definition) is 5. The Kier molecular flexibility index (Phi) is 5.36. The van der Waals surface area contributed by atoms with Crippen molar-refractivity contribution in [1.82, 2.24) is 0 Å². The number of benzene rings is 2. The first-order valence-electron chi connectivity index (χ1n) is 8.16. The van der Waals surface area contributed by atoms with E-state index in [1.165, 1.54) is 25.1 Å². The Morgan fingerprint density at radius 3 is 2.69 bits per heavy atom. The Labute approximate surface area is 149 Å². The lowest BCUT2D eigenvalue weighted by molar-refractivity contribution is -0.152. The van der Waals surface area contributed by atoms with Gasteiger partial charge in [0.15, 0.2) is 17.6 Å². The Balaban J connectivity index is 1.54. The molecule has 0 bridgehead atoms. The van der Waals surface area contributed by atoms with Crippen LogP contribution in [0, 0.1) is 5.82 Å². The zero-order chi connectivity index (χ0) is 18.5. The van der Waals surface area contributed by atoms with Crippen molar-refractivity contribution in [1.29, 1.82) is 0 Å². The van der Waals surface area contributed by atoms with E-state index in [-0.39, 0.29) is 6.42 Å². The molecule has 0 fully saturated rings. The molecule has 1 atom stereocenters. The van der Waals surface area contributed by atoms with Crippen LogP contribution in [0.5, 0.6) is 11.5 Å². The summed E-state index contributed by atoms with van der Waals surface area (Å²) in [7, 11) is 0. The number of nitrogens with one attached hydrogen (secondary N) is 1. The summed E-state index contributed by atoms with van der Waals surface area (Å²) in [4.78, 5) is 24.1. The Morgan fingerprint density at radius 2 is 1.92 bits per heavy atom. The molecular formula is C19H18FNO5. The van der Waals surface area contributed by atoms with Crippen molar-refractivity contribution in [3.8, 4) is 11.5 Å². The molecule has 1 amide bonds. The molecule has 136 valence electrons. The van der Waals surface area contributed by atoms with Crippen LogP contribution in [-0.2, 0) is 20.7 Å². The van der Waals surface area contributed by atoms with E-state index < -0.39 is 23.8 Å². The summed E-state index contributed by atoms with van der Waals surface area (Å²) < 4.78 is 29.2. The van der Waals surface area contributed by atoms with Gasteiger partial charge < -0.3 is 19.5 Å². The fourth-order valence-corrected chi connectivity index (χ4v) is 2.47. The number of ether oxygens (including phenoxy) is 3. The van der Waals surface area contributed by atoms with Gasteiger partial charge >= 0.3 is 5.97 Å². The molecule has 0 saturated heterocycles.